The van der Waals surface area contributed by atoms with Crippen molar-refractivity contribution in [2.75, 3.05) is 7.11 Å². The van der Waals surface area contributed by atoms with Crippen LogP contribution >= 0.6 is 0 Å². The molecular formula is C13H18O2. The maximum Gasteiger partial charge on any atom is 0.122 e. The number of rotatable bonds is 1. The minimum absolute atomic E-state index is 0.308. The molecule has 1 N–H and O–H groups in total. The molecule has 0 aliphatic heterocycles. The second-order valence-corrected chi connectivity index (χ2v) is 4.24. The Kier molecular flexibility index (Phi) is 2.96. The Labute approximate surface area is 90.9 Å². The molecule has 1 atom stereocenters. The molecule has 0 saturated carbocycles. The van der Waals surface area contributed by atoms with Crippen molar-refractivity contribution >= 4 is 0 Å². The van der Waals surface area contributed by atoms with E-state index in [1.807, 2.05) is 12.1 Å². The third kappa shape index (κ3) is 1.86. The van der Waals surface area contributed by atoms with E-state index in [4.69, 9.17) is 4.74 Å². The van der Waals surface area contributed by atoms with Gasteiger partial charge in [0.05, 0.1) is 13.2 Å². The second-order valence-electron chi connectivity index (χ2n) is 4.24. The molecule has 0 radical (unpaired) electrons. The van der Waals surface area contributed by atoms with E-state index in [2.05, 4.69) is 6.92 Å². The fraction of sp³-hybridized carbons (Fsp3) is 0.538. The normalized spacial score (nSPS) is 20.6. The maximum absolute atomic E-state index is 10.1. The fourth-order valence-electron chi connectivity index (χ4n) is 2.46. The molecule has 0 amide bonds. The Bertz CT molecular complexity index is 358. The number of methoxy groups -OCH3 is 1. The minimum Gasteiger partial charge on any atom is -0.496 e. The predicted octanol–water partition coefficient (Wildman–Crippen LogP) is 2.76. The second kappa shape index (κ2) is 4.23. The van der Waals surface area contributed by atoms with Crippen molar-refractivity contribution in [3.05, 3.63) is 28.8 Å². The summed E-state index contributed by atoms with van der Waals surface area (Å²) in [6.07, 6.45) is 3.83. The van der Waals surface area contributed by atoms with Crippen LogP contribution in [0.3, 0.4) is 0 Å². The van der Waals surface area contributed by atoms with Crippen molar-refractivity contribution in [3.63, 3.8) is 0 Å². The summed E-state index contributed by atoms with van der Waals surface area (Å²) in [7, 11) is 1.70. The first-order valence-corrected chi connectivity index (χ1v) is 5.58. The molecular weight excluding hydrogens is 188 g/mol. The topological polar surface area (TPSA) is 29.5 Å². The van der Waals surface area contributed by atoms with Crippen molar-refractivity contribution in [2.24, 2.45) is 0 Å². The monoisotopic (exact) mass is 206 g/mol. The first kappa shape index (κ1) is 10.5. The molecule has 0 fully saturated rings. The maximum atomic E-state index is 10.1. The van der Waals surface area contributed by atoms with Crippen LogP contribution in [0.15, 0.2) is 12.1 Å². The Hall–Kier alpha value is -1.02. The summed E-state index contributed by atoms with van der Waals surface area (Å²) < 4.78 is 5.36. The smallest absolute Gasteiger partial charge is 0.122 e. The molecule has 1 aromatic rings. The quantitative estimate of drug-likeness (QED) is 0.716. The van der Waals surface area contributed by atoms with Crippen LogP contribution in [0.4, 0.5) is 0 Å². The van der Waals surface area contributed by atoms with Crippen LogP contribution < -0.4 is 4.74 Å². The van der Waals surface area contributed by atoms with Gasteiger partial charge < -0.3 is 9.84 Å². The van der Waals surface area contributed by atoms with E-state index in [0.29, 0.717) is 0 Å². The Balaban J connectivity index is 2.55. The average Bonchev–Trinajstić information content (AvgIpc) is 2.42. The van der Waals surface area contributed by atoms with Crippen LogP contribution in [-0.4, -0.2) is 12.2 Å². The van der Waals surface area contributed by atoms with Gasteiger partial charge in [0.15, 0.2) is 0 Å². The van der Waals surface area contributed by atoms with Crippen LogP contribution in [0.1, 0.15) is 42.1 Å². The minimum atomic E-state index is -0.308. The zero-order chi connectivity index (χ0) is 10.8. The summed E-state index contributed by atoms with van der Waals surface area (Å²) >= 11 is 0. The molecule has 0 aromatic heterocycles. The van der Waals surface area contributed by atoms with Crippen molar-refractivity contribution in [1.82, 2.24) is 0 Å². The average molecular weight is 206 g/mol. The van der Waals surface area contributed by atoms with E-state index in [0.717, 1.165) is 37.0 Å². The van der Waals surface area contributed by atoms with Gasteiger partial charge in [-0.25, -0.2) is 0 Å². The van der Waals surface area contributed by atoms with Crippen molar-refractivity contribution in [2.45, 2.75) is 38.7 Å². The molecule has 1 aliphatic rings. The summed E-state index contributed by atoms with van der Waals surface area (Å²) in [6.45, 7) is 2.06. The molecule has 0 unspecified atom stereocenters. The van der Waals surface area contributed by atoms with E-state index in [1.54, 1.807) is 7.11 Å². The summed E-state index contributed by atoms with van der Waals surface area (Å²) in [6, 6.07) is 4.04. The van der Waals surface area contributed by atoms with Gasteiger partial charge in [-0.1, -0.05) is 12.5 Å². The molecule has 82 valence electrons. The van der Waals surface area contributed by atoms with Crippen LogP contribution in [0.25, 0.3) is 0 Å². The predicted molar refractivity (Wildman–Crippen MR) is 60.2 cm³/mol. The Morgan fingerprint density at radius 1 is 1.33 bits per heavy atom. The number of hydrogen-bond donors (Lipinski definition) is 1. The molecule has 2 heteroatoms. The first-order valence-electron chi connectivity index (χ1n) is 5.58. The van der Waals surface area contributed by atoms with Gasteiger partial charge in [0, 0.05) is 5.56 Å². The van der Waals surface area contributed by atoms with Gasteiger partial charge in [0.25, 0.3) is 0 Å². The van der Waals surface area contributed by atoms with Crippen LogP contribution in [0, 0.1) is 6.92 Å². The number of fused-ring (bicyclic) bond motifs is 1. The van der Waals surface area contributed by atoms with E-state index in [9.17, 15) is 5.11 Å². The lowest BCUT2D eigenvalue weighted by atomic mass is 9.95. The zero-order valence-electron chi connectivity index (χ0n) is 9.42. The lowest BCUT2D eigenvalue weighted by Gasteiger charge is -2.17. The van der Waals surface area contributed by atoms with Crippen LogP contribution in [-0.2, 0) is 6.42 Å². The number of hydrogen-bond acceptors (Lipinski definition) is 2. The zero-order valence-corrected chi connectivity index (χ0v) is 9.42. The molecule has 0 heterocycles. The van der Waals surface area contributed by atoms with Crippen molar-refractivity contribution < 1.29 is 9.84 Å². The van der Waals surface area contributed by atoms with Gasteiger partial charge in [0.1, 0.15) is 5.75 Å². The summed E-state index contributed by atoms with van der Waals surface area (Å²) in [5.74, 6) is 0.927. The SMILES string of the molecule is COc1ccc(C)c2c1CCCC[C@H]2O. The van der Waals surface area contributed by atoms with Crippen LogP contribution in [0.2, 0.25) is 0 Å². The van der Waals surface area contributed by atoms with Gasteiger partial charge >= 0.3 is 0 Å². The lowest BCUT2D eigenvalue weighted by Crippen LogP contribution is -2.03. The highest BCUT2D eigenvalue weighted by Gasteiger charge is 2.21. The molecule has 1 aromatic carbocycles. The third-order valence-electron chi connectivity index (χ3n) is 3.24. The first-order chi connectivity index (χ1) is 7.24. The van der Waals surface area contributed by atoms with Gasteiger partial charge in [0.2, 0.25) is 0 Å². The van der Waals surface area contributed by atoms with E-state index < -0.39 is 0 Å². The molecule has 0 saturated heterocycles. The number of aliphatic hydroxyl groups is 1. The van der Waals surface area contributed by atoms with Gasteiger partial charge in [-0.15, -0.1) is 0 Å². The summed E-state index contributed by atoms with van der Waals surface area (Å²) in [4.78, 5) is 0. The Morgan fingerprint density at radius 3 is 2.87 bits per heavy atom. The lowest BCUT2D eigenvalue weighted by molar-refractivity contribution is 0.165. The number of ether oxygens (including phenoxy) is 1. The third-order valence-corrected chi connectivity index (χ3v) is 3.24. The number of benzene rings is 1. The molecule has 15 heavy (non-hydrogen) atoms. The molecule has 2 rings (SSSR count). The van der Waals surface area contributed by atoms with Crippen molar-refractivity contribution in [1.29, 1.82) is 0 Å². The highest BCUT2D eigenvalue weighted by molar-refractivity contribution is 5.46. The van der Waals surface area contributed by atoms with E-state index in [1.165, 1.54) is 11.1 Å². The van der Waals surface area contributed by atoms with Gasteiger partial charge in [-0.3, -0.25) is 0 Å². The number of aliphatic hydroxyl groups excluding tert-OH is 1. The fourth-order valence-corrected chi connectivity index (χ4v) is 2.46. The molecule has 0 spiro atoms. The molecule has 2 nitrogen and oxygen atoms in total. The van der Waals surface area contributed by atoms with Crippen molar-refractivity contribution in [3.8, 4) is 5.75 Å². The van der Waals surface area contributed by atoms with E-state index >= 15 is 0 Å². The van der Waals surface area contributed by atoms with Crippen LogP contribution in [0.5, 0.6) is 5.75 Å². The summed E-state index contributed by atoms with van der Waals surface area (Å²) in [5, 5.41) is 10.1. The van der Waals surface area contributed by atoms with Gasteiger partial charge in [-0.2, -0.15) is 0 Å². The van der Waals surface area contributed by atoms with Gasteiger partial charge in [-0.05, 0) is 43.4 Å². The highest BCUT2D eigenvalue weighted by atomic mass is 16.5. The highest BCUT2D eigenvalue weighted by Crippen LogP contribution is 2.36. The standard InChI is InChI=1S/C13H18O2/c1-9-7-8-12(15-2)10-5-3-4-6-11(14)13(9)10/h7-8,11,14H,3-6H2,1-2H3/t11-/m1/s1. The summed E-state index contributed by atoms with van der Waals surface area (Å²) in [5.41, 5.74) is 3.49. The number of aryl methyl sites for hydroxylation is 1. The molecule has 0 bridgehead atoms. The molecule has 1 aliphatic carbocycles. The van der Waals surface area contributed by atoms with E-state index in [-0.39, 0.29) is 6.10 Å². The largest absolute Gasteiger partial charge is 0.496 e. The Morgan fingerprint density at radius 2 is 2.13 bits per heavy atom.